The molecule has 14 N–H and O–H groups in total. The molecule has 2 aromatic carbocycles. The smallest absolute Gasteiger partial charge is 0.397 e. The van der Waals surface area contributed by atoms with E-state index in [1.165, 1.54) is 39.2 Å². The molecule has 0 aromatic heterocycles. The van der Waals surface area contributed by atoms with Crippen molar-refractivity contribution in [2.45, 2.75) is 230 Å². The second kappa shape index (κ2) is 50.1. The lowest BCUT2D eigenvalue weighted by Crippen LogP contribution is -2.70. The number of sulfonamides is 1. The number of carbonyl (C=O) groups is 6. The number of rotatable bonds is 51. The van der Waals surface area contributed by atoms with Crippen molar-refractivity contribution in [1.82, 2.24) is 25.6 Å². The number of amides is 4. The van der Waals surface area contributed by atoms with E-state index in [0.717, 1.165) is 70.4 Å². The molecule has 6 aliphatic rings. The fourth-order valence-corrected chi connectivity index (χ4v) is 19.7. The minimum Gasteiger partial charge on any atom is -0.496 e. The molecular weight excluding hydrogens is 1970 g/mol. The summed E-state index contributed by atoms with van der Waals surface area (Å²) >= 11 is 0. The van der Waals surface area contributed by atoms with Crippen LogP contribution in [0.3, 0.4) is 0 Å². The Morgan fingerprint density at radius 2 is 0.890 bits per heavy atom. The van der Waals surface area contributed by atoms with Crippen molar-refractivity contribution in [2.75, 3.05) is 124 Å². The molecule has 776 valence electrons. The highest BCUT2D eigenvalue weighted by molar-refractivity contribution is 7.89. The van der Waals surface area contributed by atoms with Gasteiger partial charge in [0.05, 0.1) is 44.8 Å². The molecule has 27 unspecified atom stereocenters. The predicted octanol–water partition coefficient (Wildman–Crippen LogP) is -5.38. The Morgan fingerprint density at radius 3 is 1.32 bits per heavy atom. The summed E-state index contributed by atoms with van der Waals surface area (Å²) in [6.45, 7) is -0.156. The number of ether oxygens (including phenoxy) is 20. The van der Waals surface area contributed by atoms with Gasteiger partial charge in [-0.3, -0.25) is 47.4 Å². The third-order valence-corrected chi connectivity index (χ3v) is 26.3. The fourth-order valence-electron chi connectivity index (χ4n) is 16.1. The van der Waals surface area contributed by atoms with Gasteiger partial charge in [0.1, 0.15) is 127 Å². The maximum atomic E-state index is 14.6. The average molecular weight is 2080 g/mol. The van der Waals surface area contributed by atoms with Crippen molar-refractivity contribution >= 4 is 103 Å². The molecule has 57 nitrogen and oxygen atoms in total. The largest absolute Gasteiger partial charge is 0.496 e. The first-order valence-electron chi connectivity index (χ1n) is 40.8. The number of nitrogen functional groups attached to an aromatic ring is 1. The first kappa shape index (κ1) is 114. The first-order chi connectivity index (χ1) is 63.7. The van der Waals surface area contributed by atoms with Crippen LogP contribution >= 0.6 is 0 Å². The number of aliphatic carboxylic acids is 2. The van der Waals surface area contributed by atoms with Gasteiger partial charge >= 0.3 is 63.9 Å². The summed E-state index contributed by atoms with van der Waals surface area (Å²) < 4.78 is 347. The molecule has 8 rings (SSSR count). The summed E-state index contributed by atoms with van der Waals surface area (Å²) in [6.07, 6.45) is -52.1. The van der Waals surface area contributed by atoms with Crippen molar-refractivity contribution < 1.29 is 228 Å². The SMILES string of the molecule is COc1cc(C)c(S(=O)(=O)NC(CC(=O)NCC(=O)NCCCOC2C(COS(=O)(=O)O)OC(OC3C(C(=O)O)OC(OC4C(COS(=O)(=O)O)OC(OC5C(C(=O)O)OC(OC6C(COS(=O)(=O)O)OC(OC)C(OC)C6OC)C(OC)C5OC)C(OS(=O)(=O)O)C4OS(=O)(=O)O)C(OC)C3OC)C(OC)C2OC)C(=O)NC(Cc2ccc(C(=N)N)cc2)C(=O)N2CCCCC2)c(C)c1C. The summed E-state index contributed by atoms with van der Waals surface area (Å²) in [5.41, 5.74) is 7.44. The minimum absolute atomic E-state index is 0.123. The number of carbonyl (C=O) groups excluding carboxylic acids is 4. The van der Waals surface area contributed by atoms with Crippen LogP contribution in [0.1, 0.15) is 59.9 Å². The maximum Gasteiger partial charge on any atom is 0.397 e. The molecular formula is C73H113N7O50S6. The third kappa shape index (κ3) is 31.0. The molecule has 6 aliphatic heterocycles. The van der Waals surface area contributed by atoms with Gasteiger partial charge < -0.3 is 132 Å². The highest BCUT2D eigenvalue weighted by Gasteiger charge is 2.63. The summed E-state index contributed by atoms with van der Waals surface area (Å²) in [6, 6.07) is 4.47. The van der Waals surface area contributed by atoms with Gasteiger partial charge in [0.2, 0.25) is 33.7 Å². The second-order valence-corrected chi connectivity index (χ2v) is 38.0. The van der Waals surface area contributed by atoms with Crippen LogP contribution in [-0.4, -0.2) is 419 Å². The number of carboxylic acid groups (broad SMARTS) is 2. The molecule has 6 heterocycles. The Bertz CT molecular complexity index is 5110. The zero-order valence-electron chi connectivity index (χ0n) is 75.0. The summed E-state index contributed by atoms with van der Waals surface area (Å²) in [5, 5.41) is 37.3. The van der Waals surface area contributed by atoms with Crippen LogP contribution in [0.4, 0.5) is 0 Å². The Balaban J connectivity index is 1.01. The summed E-state index contributed by atoms with van der Waals surface area (Å²) in [7, 11) is -23.0. The van der Waals surface area contributed by atoms with Crippen molar-refractivity contribution in [3.63, 3.8) is 0 Å². The topological polar surface area (TPSA) is 781 Å². The number of nitrogens with one attached hydrogen (secondary N) is 5. The molecule has 27 atom stereocenters. The van der Waals surface area contributed by atoms with E-state index in [0.29, 0.717) is 48.4 Å². The molecule has 0 aliphatic carbocycles. The van der Waals surface area contributed by atoms with E-state index in [1.807, 2.05) is 0 Å². The van der Waals surface area contributed by atoms with Crippen molar-refractivity contribution in [1.29, 1.82) is 5.41 Å². The zero-order valence-corrected chi connectivity index (χ0v) is 79.9. The Labute approximate surface area is 781 Å². The molecule has 0 spiro atoms. The number of benzene rings is 2. The van der Waals surface area contributed by atoms with Gasteiger partial charge in [0.15, 0.2) is 49.8 Å². The number of amidine groups is 1. The second-order valence-electron chi connectivity index (χ2n) is 30.9. The Morgan fingerprint density at radius 1 is 0.478 bits per heavy atom. The van der Waals surface area contributed by atoms with E-state index < -0.39 is 303 Å². The monoisotopic (exact) mass is 2080 g/mol. The van der Waals surface area contributed by atoms with Gasteiger partial charge in [-0.2, -0.15) is 46.8 Å². The lowest BCUT2D eigenvalue weighted by atomic mass is 9.94. The van der Waals surface area contributed by atoms with Crippen LogP contribution in [-0.2, 0) is 208 Å². The van der Waals surface area contributed by atoms with E-state index in [9.17, 15) is 112 Å². The quantitative estimate of drug-likeness (QED) is 0.0127. The van der Waals surface area contributed by atoms with Crippen LogP contribution in [0.5, 0.6) is 5.75 Å². The summed E-state index contributed by atoms with van der Waals surface area (Å²) in [4.78, 5) is 84.8. The van der Waals surface area contributed by atoms with E-state index in [1.54, 1.807) is 24.0 Å². The molecule has 6 fully saturated rings. The molecule has 4 amide bonds. The van der Waals surface area contributed by atoms with Crippen LogP contribution < -0.4 is 31.1 Å². The van der Waals surface area contributed by atoms with E-state index in [2.05, 4.69) is 29.0 Å². The number of methoxy groups -OCH3 is 10. The number of hydrogen-bond donors (Lipinski definition) is 13. The van der Waals surface area contributed by atoms with E-state index >= 15 is 0 Å². The maximum absolute atomic E-state index is 14.6. The van der Waals surface area contributed by atoms with Gasteiger partial charge in [-0.25, -0.2) is 38.9 Å². The van der Waals surface area contributed by atoms with Crippen LogP contribution in [0.2, 0.25) is 0 Å². The molecule has 0 bridgehead atoms. The molecule has 63 heteroatoms. The lowest BCUT2D eigenvalue weighted by molar-refractivity contribution is -0.389. The molecule has 2 aromatic rings. The molecule has 6 saturated heterocycles. The van der Waals surface area contributed by atoms with E-state index in [4.69, 9.17) is 118 Å². The number of hydrogen-bond acceptors (Lipinski definition) is 44. The number of piperidine rings is 1. The molecule has 136 heavy (non-hydrogen) atoms. The predicted molar refractivity (Wildman–Crippen MR) is 447 cm³/mol. The Kier molecular flexibility index (Phi) is 42.1. The average Bonchev–Trinajstić information content (AvgIpc) is 0.752. The van der Waals surface area contributed by atoms with Crippen LogP contribution in [0, 0.1) is 26.2 Å². The van der Waals surface area contributed by atoms with E-state index in [-0.39, 0.29) is 41.2 Å². The van der Waals surface area contributed by atoms with Gasteiger partial charge in [0.25, 0.3) is 0 Å². The zero-order chi connectivity index (χ0) is 101. The Hall–Kier alpha value is -6.97. The van der Waals surface area contributed by atoms with Gasteiger partial charge in [-0.15, -0.1) is 0 Å². The number of aryl methyl sites for hydroxylation is 1. The lowest BCUT2D eigenvalue weighted by Gasteiger charge is -2.51. The van der Waals surface area contributed by atoms with Crippen LogP contribution in [0.15, 0.2) is 35.2 Å². The van der Waals surface area contributed by atoms with Gasteiger partial charge in [-0.1, -0.05) is 24.3 Å². The normalized spacial score (nSPS) is 30.5. The van der Waals surface area contributed by atoms with Gasteiger partial charge in [0, 0.05) is 102 Å². The minimum atomic E-state index is -6.19. The van der Waals surface area contributed by atoms with Crippen molar-refractivity contribution in [2.24, 2.45) is 5.73 Å². The number of nitrogens with two attached hydrogens (primary N) is 1. The van der Waals surface area contributed by atoms with Gasteiger partial charge in [-0.05, 0) is 74.8 Å². The molecule has 0 saturated carbocycles. The standard InChI is InChI=1S/C73H113N7O50S6/c1-33-26-40(106-4)34(2)35(3)63(33)131(89,90)79-38(65(83)78-39(66(84)80-23-15-14-16-24-80)27-36-18-20-37(21-19-36)64(74)75)28-44(81)77-29-45(82)76-22-17-25-116-46-41(30-117-132(91,92)93)121-70(59(112-10)49(46)107-5)125-53-51(109-7)61(114-12)72(128-56(53)67(85)86)124-48-43(32-119-134(97,98)99)122-73(62(130-136(103,104)105)55(48)129-135(100,101)102)126-54-52(110-8)60(113-11)71(127-57(54)68(87)88)123-47-42(31-118-133(94,95)96)120-69(115-13)58(111-9)50(47)108-6/h18-21,26,38-39,41-43,46-62,69-73,79H,14-17,22-25,27-32H2,1-13H3,(H3,74,75)(H,76,82)(H,77,81)(H,78,83)(H,85,86)(H,87,88)(H,91,92,93)(H,94,95,96)(H,97,98,99)(H,100,101,102)(H,103,104,105). The fraction of sp³-hybridized carbons (Fsp3) is 0.740. The third-order valence-electron chi connectivity index (χ3n) is 22.3. The molecule has 0 radical (unpaired) electrons. The number of carboxylic acids is 2. The highest BCUT2D eigenvalue weighted by Crippen LogP contribution is 2.42. The van der Waals surface area contributed by atoms with Crippen molar-refractivity contribution in [3.05, 3.63) is 58.1 Å². The van der Waals surface area contributed by atoms with Crippen molar-refractivity contribution in [3.8, 4) is 5.75 Å². The van der Waals surface area contributed by atoms with Crippen LogP contribution in [0.25, 0.3) is 0 Å². The highest BCUT2D eigenvalue weighted by atomic mass is 32.3. The number of nitrogens with zero attached hydrogens (tertiary/aromatic N) is 1. The summed E-state index contributed by atoms with van der Waals surface area (Å²) in [5.74, 6) is -7.49. The first-order valence-corrected chi connectivity index (χ1v) is 49.1. The number of likely N-dealkylation sites (tertiary alicyclic amines) is 1.